The van der Waals surface area contributed by atoms with Crippen LogP contribution in [-0.4, -0.2) is 13.0 Å². The molecule has 0 spiro atoms. The van der Waals surface area contributed by atoms with E-state index in [9.17, 15) is 18.0 Å². The van der Waals surface area contributed by atoms with Crippen LogP contribution in [0.25, 0.3) is 0 Å². The van der Waals surface area contributed by atoms with Gasteiger partial charge in [0.1, 0.15) is 0 Å². The number of carbonyl (C=O) groups excluding carboxylic acids is 1. The molecular formula is C15H13F3N2O. The molecule has 0 atom stereocenters. The second-order valence-corrected chi connectivity index (χ2v) is 4.46. The van der Waals surface area contributed by atoms with Gasteiger partial charge in [-0.25, -0.2) is 13.2 Å². The summed E-state index contributed by atoms with van der Waals surface area (Å²) < 4.78 is 39.4. The van der Waals surface area contributed by atoms with Crippen LogP contribution in [0.1, 0.15) is 15.9 Å². The van der Waals surface area contributed by atoms with Crippen molar-refractivity contribution in [3.8, 4) is 0 Å². The zero-order valence-corrected chi connectivity index (χ0v) is 11.4. The van der Waals surface area contributed by atoms with Crippen molar-refractivity contribution in [3.63, 3.8) is 0 Å². The van der Waals surface area contributed by atoms with Crippen molar-refractivity contribution in [2.24, 2.45) is 0 Å². The van der Waals surface area contributed by atoms with Crippen molar-refractivity contribution in [2.45, 2.75) is 6.92 Å². The normalized spacial score (nSPS) is 10.3. The second kappa shape index (κ2) is 5.87. The minimum atomic E-state index is -1.62. The summed E-state index contributed by atoms with van der Waals surface area (Å²) in [6.45, 7) is 1.81. The monoisotopic (exact) mass is 294 g/mol. The highest BCUT2D eigenvalue weighted by Crippen LogP contribution is 2.21. The summed E-state index contributed by atoms with van der Waals surface area (Å²) in [6, 6.07) is 6.58. The second-order valence-electron chi connectivity index (χ2n) is 4.46. The highest BCUT2D eigenvalue weighted by Gasteiger charge is 2.16. The van der Waals surface area contributed by atoms with E-state index in [0.717, 1.165) is 23.4 Å². The van der Waals surface area contributed by atoms with Gasteiger partial charge < -0.3 is 10.6 Å². The average Bonchev–Trinajstić information content (AvgIpc) is 2.47. The van der Waals surface area contributed by atoms with Crippen molar-refractivity contribution in [3.05, 3.63) is 58.9 Å². The smallest absolute Gasteiger partial charge is 0.255 e. The summed E-state index contributed by atoms with van der Waals surface area (Å²) in [4.78, 5) is 12.0. The molecule has 0 saturated heterocycles. The van der Waals surface area contributed by atoms with Crippen LogP contribution in [0.2, 0.25) is 0 Å². The molecule has 2 aromatic carbocycles. The molecule has 0 radical (unpaired) electrons. The fourth-order valence-electron chi connectivity index (χ4n) is 1.90. The molecule has 0 bridgehead atoms. The Morgan fingerprint density at radius 2 is 1.67 bits per heavy atom. The van der Waals surface area contributed by atoms with Crippen LogP contribution >= 0.6 is 0 Å². The zero-order valence-electron chi connectivity index (χ0n) is 11.4. The van der Waals surface area contributed by atoms with Crippen molar-refractivity contribution in [1.29, 1.82) is 0 Å². The molecular weight excluding hydrogens is 281 g/mol. The third kappa shape index (κ3) is 2.99. The fourth-order valence-corrected chi connectivity index (χ4v) is 1.90. The number of anilines is 2. The minimum absolute atomic E-state index is 0.288. The predicted molar refractivity (Wildman–Crippen MR) is 75.0 cm³/mol. The zero-order chi connectivity index (χ0) is 15.6. The van der Waals surface area contributed by atoms with Gasteiger partial charge in [0.2, 0.25) is 0 Å². The summed E-state index contributed by atoms with van der Waals surface area (Å²) in [6.07, 6.45) is 0. The molecule has 0 heterocycles. The first-order valence-electron chi connectivity index (χ1n) is 6.17. The van der Waals surface area contributed by atoms with E-state index in [0.29, 0.717) is 0 Å². The van der Waals surface area contributed by atoms with Crippen LogP contribution in [-0.2, 0) is 0 Å². The van der Waals surface area contributed by atoms with E-state index < -0.39 is 29.0 Å². The third-order valence-corrected chi connectivity index (χ3v) is 3.04. The van der Waals surface area contributed by atoms with E-state index in [2.05, 4.69) is 10.6 Å². The van der Waals surface area contributed by atoms with E-state index in [1.54, 1.807) is 32.2 Å². The number of nitrogens with one attached hydrogen (secondary N) is 2. The maximum atomic E-state index is 13.5. The van der Waals surface area contributed by atoms with Crippen LogP contribution in [0.4, 0.5) is 24.5 Å². The summed E-state index contributed by atoms with van der Waals surface area (Å²) in [7, 11) is 1.75. The van der Waals surface area contributed by atoms with E-state index in [1.165, 1.54) is 0 Å². The first-order valence-corrected chi connectivity index (χ1v) is 6.17. The molecule has 2 aromatic rings. The first kappa shape index (κ1) is 14.9. The maximum absolute atomic E-state index is 13.5. The lowest BCUT2D eigenvalue weighted by Crippen LogP contribution is -2.14. The van der Waals surface area contributed by atoms with Gasteiger partial charge in [-0.1, -0.05) is 0 Å². The number of hydrogen-bond acceptors (Lipinski definition) is 2. The van der Waals surface area contributed by atoms with Crippen LogP contribution in [0.3, 0.4) is 0 Å². The van der Waals surface area contributed by atoms with Crippen molar-refractivity contribution in [2.75, 3.05) is 17.7 Å². The number of carbonyl (C=O) groups is 1. The Kier molecular flexibility index (Phi) is 4.16. The molecule has 2 N–H and O–H groups in total. The number of amides is 1. The molecule has 2 rings (SSSR count). The number of hydrogen-bond donors (Lipinski definition) is 2. The largest absolute Gasteiger partial charge is 0.388 e. The Morgan fingerprint density at radius 1 is 1.00 bits per heavy atom. The van der Waals surface area contributed by atoms with Gasteiger partial charge in [-0.15, -0.1) is 0 Å². The lowest BCUT2D eigenvalue weighted by Gasteiger charge is -2.10. The Morgan fingerprint density at radius 3 is 2.29 bits per heavy atom. The molecule has 0 saturated carbocycles. The third-order valence-electron chi connectivity index (χ3n) is 3.04. The van der Waals surface area contributed by atoms with Gasteiger partial charge in [0.15, 0.2) is 17.5 Å². The maximum Gasteiger partial charge on any atom is 0.255 e. The standard InChI is InChI=1S/C15H13F3N2O/c1-8-7-9(3-5-11(8)19-2)15(21)20-12-6-4-10(16)13(17)14(12)18/h3-7,19H,1-2H3,(H,20,21). The van der Waals surface area contributed by atoms with Crippen molar-refractivity contribution >= 4 is 17.3 Å². The van der Waals surface area contributed by atoms with Gasteiger partial charge in [0.25, 0.3) is 5.91 Å². The molecule has 0 unspecified atom stereocenters. The lowest BCUT2D eigenvalue weighted by atomic mass is 10.1. The summed E-state index contributed by atoms with van der Waals surface area (Å²) >= 11 is 0. The Hall–Kier alpha value is -2.50. The summed E-state index contributed by atoms with van der Waals surface area (Å²) in [5.74, 6) is -4.95. The van der Waals surface area contributed by atoms with Gasteiger partial charge in [-0.3, -0.25) is 4.79 Å². The fraction of sp³-hybridized carbons (Fsp3) is 0.133. The Labute approximate surface area is 119 Å². The van der Waals surface area contributed by atoms with Crippen molar-refractivity contribution < 1.29 is 18.0 Å². The number of aryl methyl sites for hydroxylation is 1. The predicted octanol–water partition coefficient (Wildman–Crippen LogP) is 3.71. The van der Waals surface area contributed by atoms with E-state index in [1.807, 2.05) is 0 Å². The topological polar surface area (TPSA) is 41.1 Å². The highest BCUT2D eigenvalue weighted by molar-refractivity contribution is 6.04. The molecule has 110 valence electrons. The number of benzene rings is 2. The average molecular weight is 294 g/mol. The molecule has 3 nitrogen and oxygen atoms in total. The van der Waals surface area contributed by atoms with E-state index in [-0.39, 0.29) is 5.56 Å². The Balaban J connectivity index is 2.26. The summed E-state index contributed by atoms with van der Waals surface area (Å²) in [5, 5.41) is 5.17. The Bertz CT molecular complexity index is 702. The number of halogens is 3. The quantitative estimate of drug-likeness (QED) is 0.847. The molecule has 0 aromatic heterocycles. The van der Waals surface area contributed by atoms with Crippen LogP contribution in [0, 0.1) is 24.4 Å². The molecule has 0 aliphatic carbocycles. The van der Waals surface area contributed by atoms with Gasteiger partial charge in [0, 0.05) is 18.3 Å². The highest BCUT2D eigenvalue weighted by atomic mass is 19.2. The first-order chi connectivity index (χ1) is 9.93. The minimum Gasteiger partial charge on any atom is -0.388 e. The van der Waals surface area contributed by atoms with Gasteiger partial charge in [-0.05, 0) is 42.8 Å². The van der Waals surface area contributed by atoms with E-state index in [4.69, 9.17) is 0 Å². The van der Waals surface area contributed by atoms with Crippen LogP contribution in [0.15, 0.2) is 30.3 Å². The molecule has 21 heavy (non-hydrogen) atoms. The van der Waals surface area contributed by atoms with Crippen LogP contribution < -0.4 is 10.6 Å². The lowest BCUT2D eigenvalue weighted by molar-refractivity contribution is 0.102. The molecule has 6 heteroatoms. The molecule has 0 aliphatic rings. The number of rotatable bonds is 3. The van der Waals surface area contributed by atoms with Gasteiger partial charge in [0.05, 0.1) is 5.69 Å². The van der Waals surface area contributed by atoms with Crippen molar-refractivity contribution in [1.82, 2.24) is 0 Å². The summed E-state index contributed by atoms with van der Waals surface area (Å²) in [5.41, 5.74) is 1.56. The molecule has 0 aliphatic heterocycles. The molecule has 1 amide bonds. The van der Waals surface area contributed by atoms with Gasteiger partial charge in [-0.2, -0.15) is 0 Å². The molecule has 0 fully saturated rings. The van der Waals surface area contributed by atoms with Gasteiger partial charge >= 0.3 is 0 Å². The van der Waals surface area contributed by atoms with E-state index >= 15 is 0 Å². The van der Waals surface area contributed by atoms with Crippen LogP contribution in [0.5, 0.6) is 0 Å². The SMILES string of the molecule is CNc1ccc(C(=O)Nc2ccc(F)c(F)c2F)cc1C.